The van der Waals surface area contributed by atoms with Gasteiger partial charge in [0.1, 0.15) is 24.7 Å². The number of hydrogen-bond acceptors (Lipinski definition) is 8. The summed E-state index contributed by atoms with van der Waals surface area (Å²) >= 11 is 0. The quantitative estimate of drug-likeness (QED) is 0.102. The summed E-state index contributed by atoms with van der Waals surface area (Å²) in [6, 6.07) is 20.5. The van der Waals surface area contributed by atoms with Crippen LogP contribution < -0.4 is 9.47 Å². The van der Waals surface area contributed by atoms with Gasteiger partial charge in [0.15, 0.2) is 6.10 Å². The molecule has 8 nitrogen and oxygen atoms in total. The van der Waals surface area contributed by atoms with Gasteiger partial charge in [0.25, 0.3) is 0 Å². The van der Waals surface area contributed by atoms with Gasteiger partial charge in [-0.1, -0.05) is 69.0 Å². The van der Waals surface area contributed by atoms with Crippen molar-refractivity contribution in [3.8, 4) is 22.6 Å². The third-order valence-electron chi connectivity index (χ3n) is 5.96. The van der Waals surface area contributed by atoms with Crippen LogP contribution in [0.3, 0.4) is 0 Å². The Kier molecular flexibility index (Phi) is 12.0. The van der Waals surface area contributed by atoms with E-state index in [1.54, 1.807) is 36.4 Å². The molecule has 0 aliphatic rings. The predicted molar refractivity (Wildman–Crippen MR) is 162 cm³/mol. The number of rotatable bonds is 15. The van der Waals surface area contributed by atoms with Crippen molar-refractivity contribution in [1.82, 2.24) is 0 Å². The van der Waals surface area contributed by atoms with Gasteiger partial charge in [0.2, 0.25) is 0 Å². The minimum atomic E-state index is -0.847. The van der Waals surface area contributed by atoms with Gasteiger partial charge in [0.05, 0.1) is 0 Å². The van der Waals surface area contributed by atoms with E-state index >= 15 is 0 Å². The van der Waals surface area contributed by atoms with Gasteiger partial charge >= 0.3 is 17.9 Å². The van der Waals surface area contributed by atoms with Crippen molar-refractivity contribution in [2.75, 3.05) is 13.2 Å². The topological polar surface area (TPSA) is 112 Å². The van der Waals surface area contributed by atoms with Crippen LogP contribution >= 0.6 is 0 Å². The van der Waals surface area contributed by atoms with Crippen molar-refractivity contribution in [3.05, 3.63) is 115 Å². The van der Waals surface area contributed by atoms with Crippen LogP contribution in [-0.2, 0) is 30.3 Å². The summed E-state index contributed by atoms with van der Waals surface area (Å²) < 4.78 is 21.2. The first-order chi connectivity index (χ1) is 20.3. The molecule has 216 valence electrons. The van der Waals surface area contributed by atoms with Crippen LogP contribution in [0.1, 0.15) is 30.0 Å². The average Bonchev–Trinajstić information content (AvgIpc) is 3.02. The third kappa shape index (κ3) is 9.75. The van der Waals surface area contributed by atoms with E-state index in [0.717, 1.165) is 42.3 Å². The molecule has 0 aliphatic carbocycles. The molecular formula is C34H33NO7. The van der Waals surface area contributed by atoms with Crippen LogP contribution in [0, 0.1) is 5.41 Å². The lowest BCUT2D eigenvalue weighted by Gasteiger charge is -2.17. The Bertz CT molecular complexity index is 1440. The predicted octanol–water partition coefficient (Wildman–Crippen LogP) is 6.13. The zero-order chi connectivity index (χ0) is 30.3. The molecule has 8 heteroatoms. The van der Waals surface area contributed by atoms with Gasteiger partial charge in [-0.25, -0.2) is 14.4 Å². The standard InChI is InChI=1S/C34H33NO7/c1-4-7-24-8-13-26(14-9-24)27-15-18-31(28(20-27)21-35)42-34(38)19-12-25-10-16-29(17-11-25)39-22-30(41-33(37)6-3)23-40-32(36)5-2/h5-6,8-21,30,35H,2-4,7,22-23H2,1H3/b19-12+,35-21?. The molecule has 0 bridgehead atoms. The Hall–Kier alpha value is -5.24. The summed E-state index contributed by atoms with van der Waals surface area (Å²) in [6.07, 6.45) is 7.31. The molecule has 0 saturated carbocycles. The molecule has 0 saturated heterocycles. The normalized spacial score (nSPS) is 11.3. The maximum atomic E-state index is 12.5. The van der Waals surface area contributed by atoms with E-state index in [1.165, 1.54) is 11.6 Å². The van der Waals surface area contributed by atoms with E-state index in [1.807, 2.05) is 12.1 Å². The lowest BCUT2D eigenvalue weighted by atomic mass is 10.0. The summed E-state index contributed by atoms with van der Waals surface area (Å²) in [5, 5.41) is 7.79. The largest absolute Gasteiger partial charge is 0.490 e. The number of ether oxygens (including phenoxy) is 4. The van der Waals surface area contributed by atoms with Gasteiger partial charge in [-0.3, -0.25) is 0 Å². The lowest BCUT2D eigenvalue weighted by Crippen LogP contribution is -2.30. The molecule has 3 aromatic carbocycles. The number of aryl methyl sites for hydroxylation is 1. The van der Waals surface area contributed by atoms with E-state index in [0.29, 0.717) is 22.6 Å². The van der Waals surface area contributed by atoms with Gasteiger partial charge in [-0.05, 0) is 59.0 Å². The fourth-order valence-corrected chi connectivity index (χ4v) is 3.82. The molecule has 1 N–H and O–H groups in total. The molecule has 0 fully saturated rings. The number of esters is 3. The molecule has 3 rings (SSSR count). The molecule has 1 unspecified atom stereocenters. The zero-order valence-corrected chi connectivity index (χ0v) is 23.4. The fraction of sp³-hybridized carbons (Fsp3) is 0.176. The molecule has 0 aromatic heterocycles. The highest BCUT2D eigenvalue weighted by Gasteiger charge is 2.16. The minimum Gasteiger partial charge on any atom is -0.490 e. The van der Waals surface area contributed by atoms with Crippen LogP contribution in [0.4, 0.5) is 0 Å². The van der Waals surface area contributed by atoms with Crippen molar-refractivity contribution in [1.29, 1.82) is 5.41 Å². The molecule has 42 heavy (non-hydrogen) atoms. The molecule has 0 spiro atoms. The Morgan fingerprint density at radius 3 is 2.19 bits per heavy atom. The van der Waals surface area contributed by atoms with E-state index in [2.05, 4.69) is 44.3 Å². The highest BCUT2D eigenvalue weighted by molar-refractivity contribution is 5.91. The smallest absolute Gasteiger partial charge is 0.336 e. The first-order valence-corrected chi connectivity index (χ1v) is 13.3. The molecule has 0 radical (unpaired) electrons. The van der Waals surface area contributed by atoms with Gasteiger partial charge in [0, 0.05) is 30.0 Å². The maximum Gasteiger partial charge on any atom is 0.336 e. The van der Waals surface area contributed by atoms with Gasteiger partial charge in [-0.15, -0.1) is 0 Å². The average molecular weight is 568 g/mol. The van der Waals surface area contributed by atoms with Crippen molar-refractivity contribution < 1.29 is 33.3 Å². The van der Waals surface area contributed by atoms with Gasteiger partial charge in [-0.2, -0.15) is 0 Å². The van der Waals surface area contributed by atoms with Crippen molar-refractivity contribution >= 4 is 30.2 Å². The summed E-state index contributed by atoms with van der Waals surface area (Å²) in [5.74, 6) is -1.15. The highest BCUT2D eigenvalue weighted by Crippen LogP contribution is 2.27. The van der Waals surface area contributed by atoms with Crippen LogP contribution in [0.25, 0.3) is 17.2 Å². The van der Waals surface area contributed by atoms with Crippen molar-refractivity contribution in [2.24, 2.45) is 0 Å². The zero-order valence-electron chi connectivity index (χ0n) is 23.4. The third-order valence-corrected chi connectivity index (χ3v) is 5.96. The summed E-state index contributed by atoms with van der Waals surface area (Å²) in [6.45, 7) is 8.54. The Balaban J connectivity index is 1.57. The van der Waals surface area contributed by atoms with Crippen LogP contribution in [0.2, 0.25) is 0 Å². The highest BCUT2D eigenvalue weighted by atomic mass is 16.6. The lowest BCUT2D eigenvalue weighted by molar-refractivity contribution is -0.154. The van der Waals surface area contributed by atoms with E-state index in [-0.39, 0.29) is 13.2 Å². The van der Waals surface area contributed by atoms with E-state index < -0.39 is 24.0 Å². The SMILES string of the molecule is C=CC(=O)OCC(COc1ccc(/C=C/C(=O)Oc2ccc(-c3ccc(CCC)cc3)cc2C=N)cc1)OC(=O)C=C. The first-order valence-electron chi connectivity index (χ1n) is 13.3. The number of nitrogens with one attached hydrogen (secondary N) is 1. The van der Waals surface area contributed by atoms with Gasteiger partial charge < -0.3 is 24.4 Å². The fourth-order valence-electron chi connectivity index (χ4n) is 3.82. The maximum absolute atomic E-state index is 12.5. The molecule has 0 heterocycles. The second kappa shape index (κ2) is 16.1. The monoisotopic (exact) mass is 567 g/mol. The number of benzene rings is 3. The Morgan fingerprint density at radius 2 is 1.55 bits per heavy atom. The first kappa shape index (κ1) is 31.3. The second-order valence-electron chi connectivity index (χ2n) is 9.08. The molecule has 1 atom stereocenters. The van der Waals surface area contributed by atoms with E-state index in [4.69, 9.17) is 24.4 Å². The van der Waals surface area contributed by atoms with Crippen molar-refractivity contribution in [2.45, 2.75) is 25.9 Å². The number of carbonyl (C=O) groups is 3. The number of hydrogen-bond donors (Lipinski definition) is 1. The van der Waals surface area contributed by atoms with E-state index in [9.17, 15) is 14.4 Å². The molecule has 0 amide bonds. The van der Waals surface area contributed by atoms with Crippen LogP contribution in [0.15, 0.2) is 98.1 Å². The van der Waals surface area contributed by atoms with Crippen LogP contribution in [-0.4, -0.2) is 43.4 Å². The second-order valence-corrected chi connectivity index (χ2v) is 9.08. The summed E-state index contributed by atoms with van der Waals surface area (Å²) in [5.41, 5.74) is 4.43. The minimum absolute atomic E-state index is 0.0657. The Labute approximate surface area is 245 Å². The Morgan fingerprint density at radius 1 is 0.857 bits per heavy atom. The van der Waals surface area contributed by atoms with Crippen LogP contribution in [0.5, 0.6) is 11.5 Å². The molecule has 0 aliphatic heterocycles. The summed E-state index contributed by atoms with van der Waals surface area (Å²) in [4.78, 5) is 35.4. The molecule has 3 aromatic rings. The summed E-state index contributed by atoms with van der Waals surface area (Å²) in [7, 11) is 0. The van der Waals surface area contributed by atoms with Crippen molar-refractivity contribution in [3.63, 3.8) is 0 Å². The molecular weight excluding hydrogens is 534 g/mol. The number of carbonyl (C=O) groups excluding carboxylic acids is 3.